The molecule has 3 fully saturated rings. The second kappa shape index (κ2) is 9.82. The van der Waals surface area contributed by atoms with E-state index in [9.17, 15) is 4.79 Å². The van der Waals surface area contributed by atoms with Crippen molar-refractivity contribution in [3.63, 3.8) is 0 Å². The van der Waals surface area contributed by atoms with Gasteiger partial charge in [0.25, 0.3) is 5.91 Å². The number of pyridine rings is 1. The zero-order valence-electron chi connectivity index (χ0n) is 21.5. The average molecular weight is 519 g/mol. The Bertz CT molecular complexity index is 1440. The molecule has 38 heavy (non-hydrogen) atoms. The highest BCUT2D eigenvalue weighted by molar-refractivity contribution is 5.95. The molecule has 2 aromatic heterocycles. The highest BCUT2D eigenvalue weighted by atomic mass is 19.1. The van der Waals surface area contributed by atoms with Gasteiger partial charge in [-0.15, -0.1) is 0 Å². The van der Waals surface area contributed by atoms with E-state index in [2.05, 4.69) is 37.8 Å². The third-order valence-electron chi connectivity index (χ3n) is 7.91. The van der Waals surface area contributed by atoms with Crippen LogP contribution < -0.4 is 20.7 Å². The molecule has 3 aromatic rings. The van der Waals surface area contributed by atoms with Gasteiger partial charge < -0.3 is 25.4 Å². The van der Waals surface area contributed by atoms with Crippen LogP contribution in [-0.2, 0) is 4.74 Å². The van der Waals surface area contributed by atoms with Crippen LogP contribution in [0.2, 0.25) is 0 Å². The smallest absolute Gasteiger partial charge is 0.251 e. The molecule has 0 radical (unpaired) electrons. The molecule has 1 saturated carbocycles. The van der Waals surface area contributed by atoms with Gasteiger partial charge in [0.1, 0.15) is 17.1 Å². The van der Waals surface area contributed by atoms with Crippen molar-refractivity contribution in [2.24, 2.45) is 5.92 Å². The molecule has 10 heteroatoms. The van der Waals surface area contributed by atoms with Crippen LogP contribution in [0.4, 0.5) is 15.9 Å². The Morgan fingerprint density at radius 1 is 1.32 bits per heavy atom. The lowest BCUT2D eigenvalue weighted by Gasteiger charge is -2.41. The first-order valence-corrected chi connectivity index (χ1v) is 12.9. The number of rotatable bonds is 7. The minimum absolute atomic E-state index is 0.0514. The predicted molar refractivity (Wildman–Crippen MR) is 142 cm³/mol. The van der Waals surface area contributed by atoms with Crippen LogP contribution in [0.1, 0.15) is 28.9 Å². The molecule has 198 valence electrons. The lowest BCUT2D eigenvalue weighted by atomic mass is 10.0. The summed E-state index contributed by atoms with van der Waals surface area (Å²) in [5, 5.41) is 13.9. The summed E-state index contributed by atoms with van der Waals surface area (Å²) in [6, 6.07) is 11.2. The molecule has 2 atom stereocenters. The number of carbonyl (C=O) groups excluding carboxylic acids is 1. The van der Waals surface area contributed by atoms with Crippen molar-refractivity contribution in [1.82, 2.24) is 19.8 Å². The van der Waals surface area contributed by atoms with Crippen LogP contribution in [0, 0.1) is 23.6 Å². The number of halogens is 1. The highest BCUT2D eigenvalue weighted by Crippen LogP contribution is 2.52. The van der Waals surface area contributed by atoms with Gasteiger partial charge in [0.15, 0.2) is 11.5 Å². The fraction of sp³-hybridized carbons (Fsp3) is 0.429. The Morgan fingerprint density at radius 3 is 2.92 bits per heavy atom. The second-order valence-electron chi connectivity index (χ2n) is 10.1. The summed E-state index contributed by atoms with van der Waals surface area (Å²) in [5.41, 5.74) is 1.66. The first kappa shape index (κ1) is 24.5. The number of nitrogens with zero attached hydrogens (tertiary/aromatic N) is 3. The summed E-state index contributed by atoms with van der Waals surface area (Å²) in [6.07, 6.45) is 2.16. The number of methoxy groups -OCH3 is 1. The van der Waals surface area contributed by atoms with E-state index in [4.69, 9.17) is 9.47 Å². The van der Waals surface area contributed by atoms with Gasteiger partial charge in [-0.1, -0.05) is 12.0 Å². The number of hydrogen-bond acceptors (Lipinski definition) is 7. The maximum absolute atomic E-state index is 15.2. The topological polar surface area (TPSA) is 92.2 Å². The quantitative estimate of drug-likeness (QED) is 0.414. The molecule has 2 unspecified atom stereocenters. The van der Waals surface area contributed by atoms with Crippen molar-refractivity contribution in [2.75, 3.05) is 57.6 Å². The average Bonchev–Trinajstić information content (AvgIpc) is 3.52. The molecule has 1 aliphatic carbocycles. The van der Waals surface area contributed by atoms with Crippen molar-refractivity contribution in [3.8, 4) is 17.6 Å². The van der Waals surface area contributed by atoms with E-state index in [0.717, 1.165) is 45.0 Å². The minimum atomic E-state index is -0.440. The van der Waals surface area contributed by atoms with Crippen LogP contribution in [0.15, 0.2) is 36.4 Å². The number of carbonyl (C=O) groups is 1. The van der Waals surface area contributed by atoms with Crippen LogP contribution in [0.3, 0.4) is 0 Å². The number of nitrogens with one attached hydrogen (secondary N) is 3. The van der Waals surface area contributed by atoms with E-state index in [1.807, 2.05) is 12.1 Å². The summed E-state index contributed by atoms with van der Waals surface area (Å²) >= 11 is 0. The van der Waals surface area contributed by atoms with E-state index in [-0.39, 0.29) is 23.7 Å². The lowest BCUT2D eigenvalue weighted by Crippen LogP contribution is -2.53. The van der Waals surface area contributed by atoms with Crippen molar-refractivity contribution in [2.45, 2.75) is 24.4 Å². The summed E-state index contributed by atoms with van der Waals surface area (Å²) in [7, 11) is 3.13. The Hall–Kier alpha value is -3.81. The normalized spacial score (nSPS) is 22.6. The molecule has 2 aliphatic heterocycles. The number of hydrogen-bond donors (Lipinski definition) is 3. The van der Waals surface area contributed by atoms with Crippen molar-refractivity contribution in [1.29, 1.82) is 0 Å². The third kappa shape index (κ3) is 4.42. The number of benzene rings is 1. The number of ether oxygens (including phenoxy) is 2. The summed E-state index contributed by atoms with van der Waals surface area (Å²) in [4.78, 5) is 14.5. The molecule has 3 aliphatic rings. The zero-order chi connectivity index (χ0) is 26.3. The summed E-state index contributed by atoms with van der Waals surface area (Å²) < 4.78 is 27.6. The van der Waals surface area contributed by atoms with Gasteiger partial charge in [-0.2, -0.15) is 5.10 Å². The van der Waals surface area contributed by atoms with Crippen molar-refractivity contribution in [3.05, 3.63) is 53.5 Å². The van der Waals surface area contributed by atoms with Gasteiger partial charge in [-0.05, 0) is 55.0 Å². The van der Waals surface area contributed by atoms with E-state index in [0.29, 0.717) is 34.5 Å². The largest absolute Gasteiger partial charge is 0.495 e. The Morgan fingerprint density at radius 2 is 2.18 bits per heavy atom. The number of piperidine rings is 1. The Balaban J connectivity index is 1.15. The van der Waals surface area contributed by atoms with Crippen LogP contribution in [-0.4, -0.2) is 79.0 Å². The molecule has 2 saturated heterocycles. The van der Waals surface area contributed by atoms with Gasteiger partial charge in [0.05, 0.1) is 38.6 Å². The van der Waals surface area contributed by atoms with Gasteiger partial charge in [0.2, 0.25) is 0 Å². The van der Waals surface area contributed by atoms with Crippen LogP contribution in [0.5, 0.6) is 5.75 Å². The first-order valence-electron chi connectivity index (χ1n) is 12.9. The van der Waals surface area contributed by atoms with Gasteiger partial charge >= 0.3 is 0 Å². The van der Waals surface area contributed by atoms with E-state index in [1.165, 1.54) is 0 Å². The maximum atomic E-state index is 15.2. The monoisotopic (exact) mass is 518 g/mol. The number of amides is 1. The molecule has 6 rings (SSSR count). The van der Waals surface area contributed by atoms with Gasteiger partial charge in [-0.3, -0.25) is 9.69 Å². The summed E-state index contributed by atoms with van der Waals surface area (Å²) in [5.74, 6) is 7.10. The van der Waals surface area contributed by atoms with Crippen molar-refractivity contribution >= 4 is 22.9 Å². The molecule has 9 nitrogen and oxygen atoms in total. The Kier molecular flexibility index (Phi) is 6.33. The highest BCUT2D eigenvalue weighted by Gasteiger charge is 2.57. The third-order valence-corrected chi connectivity index (χ3v) is 7.91. The van der Waals surface area contributed by atoms with Crippen LogP contribution >= 0.6 is 0 Å². The van der Waals surface area contributed by atoms with E-state index in [1.54, 1.807) is 42.9 Å². The lowest BCUT2D eigenvalue weighted by molar-refractivity contribution is -0.0714. The van der Waals surface area contributed by atoms with Crippen molar-refractivity contribution < 1.29 is 18.7 Å². The number of aromatic nitrogens is 2. The molecule has 0 spiro atoms. The maximum Gasteiger partial charge on any atom is 0.251 e. The molecule has 1 aromatic carbocycles. The molecule has 1 amide bonds. The summed E-state index contributed by atoms with van der Waals surface area (Å²) in [6.45, 7) is 4.02. The molecule has 3 N–H and O–H groups in total. The van der Waals surface area contributed by atoms with E-state index >= 15 is 4.39 Å². The van der Waals surface area contributed by atoms with Crippen LogP contribution in [0.25, 0.3) is 5.52 Å². The zero-order valence-corrected chi connectivity index (χ0v) is 21.5. The molecule has 4 heterocycles. The number of fused-ring (bicyclic) bond motifs is 2. The number of anilines is 2. The second-order valence-corrected chi connectivity index (χ2v) is 10.1. The molecule has 0 bridgehead atoms. The van der Waals surface area contributed by atoms with Gasteiger partial charge in [0, 0.05) is 31.2 Å². The fourth-order valence-electron chi connectivity index (χ4n) is 5.49. The minimum Gasteiger partial charge on any atom is -0.495 e. The Labute approximate surface area is 220 Å². The first-order chi connectivity index (χ1) is 18.5. The predicted octanol–water partition coefficient (Wildman–Crippen LogP) is 2.58. The number of likely N-dealkylation sites (tertiary alicyclic amines) is 1. The molecular weight excluding hydrogens is 487 g/mol. The van der Waals surface area contributed by atoms with E-state index < -0.39 is 5.82 Å². The fourth-order valence-corrected chi connectivity index (χ4v) is 5.49. The molecular formula is C28H31FN6O3. The van der Waals surface area contributed by atoms with Gasteiger partial charge in [-0.25, -0.2) is 8.91 Å². The standard InChI is InChI=1S/C28H31FN6O3/c1-30-27(36)18-8-9-24(37-2)22(13-18)31-11-4-5-21-26(29)23-6-3-7-25(35(23)33-21)32-28-10-12-34(15-19(28)14-28)20-16-38-17-20/h3,6-9,13,19-20,31-32H,10-12,14-17H2,1-2H3,(H,30,36). The SMILES string of the molecule is CNC(=O)c1ccc(OC)c(NCC#Cc2nn3c(NC45CCN(C6COC6)CC4C5)cccc3c2F)c1.